The number of amides is 1. The minimum absolute atomic E-state index is 0.0294. The van der Waals surface area contributed by atoms with Gasteiger partial charge in [0.05, 0.1) is 12.1 Å². The number of aromatic nitrogens is 2. The smallest absolute Gasteiger partial charge is 0.228 e. The Morgan fingerprint density at radius 1 is 1.28 bits per heavy atom. The van der Waals surface area contributed by atoms with Gasteiger partial charge in [-0.1, -0.05) is 6.07 Å². The molecule has 1 aliphatic heterocycles. The molecule has 5 heteroatoms. The first-order valence-corrected chi connectivity index (χ1v) is 5.66. The Morgan fingerprint density at radius 3 is 2.89 bits per heavy atom. The number of nitrogens with one attached hydrogen (secondary N) is 1. The fourth-order valence-electron chi connectivity index (χ4n) is 2.02. The van der Waals surface area contributed by atoms with Crippen molar-refractivity contribution in [2.45, 2.75) is 13.3 Å². The molecule has 0 unspecified atom stereocenters. The molecule has 0 aliphatic carbocycles. The number of nitrogen functional groups attached to an aromatic ring is 1. The highest BCUT2D eigenvalue weighted by atomic mass is 16.1. The minimum Gasteiger partial charge on any atom is -0.382 e. The van der Waals surface area contributed by atoms with E-state index in [9.17, 15) is 4.79 Å². The lowest BCUT2D eigenvalue weighted by Crippen LogP contribution is -2.03. The number of hydrogen-bond acceptors (Lipinski definition) is 4. The van der Waals surface area contributed by atoms with Crippen LogP contribution in [0.5, 0.6) is 0 Å². The van der Waals surface area contributed by atoms with Crippen molar-refractivity contribution in [3.05, 3.63) is 35.4 Å². The van der Waals surface area contributed by atoms with Crippen LogP contribution in [0, 0.1) is 6.92 Å². The van der Waals surface area contributed by atoms with E-state index in [0.717, 1.165) is 28.1 Å². The fraction of sp³-hybridized carbons (Fsp3) is 0.154. The molecule has 18 heavy (non-hydrogen) atoms. The van der Waals surface area contributed by atoms with E-state index >= 15 is 0 Å². The molecule has 0 saturated heterocycles. The molecule has 2 heterocycles. The van der Waals surface area contributed by atoms with Crippen LogP contribution in [-0.4, -0.2) is 16.1 Å². The summed E-state index contributed by atoms with van der Waals surface area (Å²) in [6.07, 6.45) is 0.421. The van der Waals surface area contributed by atoms with Gasteiger partial charge in [-0.2, -0.15) is 0 Å². The fourth-order valence-corrected chi connectivity index (χ4v) is 2.02. The number of carbonyl (C=O) groups is 1. The zero-order valence-electron chi connectivity index (χ0n) is 9.90. The minimum atomic E-state index is 0.0294. The molecule has 5 nitrogen and oxygen atoms in total. The van der Waals surface area contributed by atoms with Gasteiger partial charge >= 0.3 is 0 Å². The van der Waals surface area contributed by atoms with Crippen molar-refractivity contribution in [1.82, 2.24) is 10.2 Å². The van der Waals surface area contributed by atoms with E-state index in [0.29, 0.717) is 12.2 Å². The van der Waals surface area contributed by atoms with Crippen LogP contribution >= 0.6 is 0 Å². The van der Waals surface area contributed by atoms with E-state index in [2.05, 4.69) is 15.5 Å². The normalized spacial score (nSPS) is 13.3. The third kappa shape index (κ3) is 1.69. The van der Waals surface area contributed by atoms with Crippen LogP contribution in [0.3, 0.4) is 0 Å². The van der Waals surface area contributed by atoms with Gasteiger partial charge in [0.1, 0.15) is 5.82 Å². The van der Waals surface area contributed by atoms with Crippen LogP contribution in [0.25, 0.3) is 11.3 Å². The molecular weight excluding hydrogens is 228 g/mol. The van der Waals surface area contributed by atoms with Gasteiger partial charge in [-0.3, -0.25) is 4.79 Å². The third-order valence-electron chi connectivity index (χ3n) is 3.05. The molecule has 1 aliphatic rings. The second-order valence-corrected chi connectivity index (χ2v) is 4.39. The van der Waals surface area contributed by atoms with Gasteiger partial charge in [0.25, 0.3) is 0 Å². The van der Waals surface area contributed by atoms with Crippen LogP contribution in [0.15, 0.2) is 24.3 Å². The number of carbonyl (C=O) groups excluding carboxylic acids is 1. The Morgan fingerprint density at radius 2 is 2.11 bits per heavy atom. The molecule has 2 aromatic rings. The predicted molar refractivity (Wildman–Crippen MR) is 69.0 cm³/mol. The van der Waals surface area contributed by atoms with Gasteiger partial charge in [-0.15, -0.1) is 10.2 Å². The summed E-state index contributed by atoms with van der Waals surface area (Å²) in [7, 11) is 0. The molecule has 0 spiro atoms. The van der Waals surface area contributed by atoms with Gasteiger partial charge in [0.15, 0.2) is 0 Å². The van der Waals surface area contributed by atoms with Crippen molar-refractivity contribution in [3.63, 3.8) is 0 Å². The standard InChI is InChI=1S/C13H12N4O/c1-7-4-11(16-17-13(7)14)8-2-3-10-9(5-8)6-12(18)15-10/h2-5H,6H2,1H3,(H2,14,17)(H,15,18). The van der Waals surface area contributed by atoms with Gasteiger partial charge < -0.3 is 11.1 Å². The maximum atomic E-state index is 11.3. The highest BCUT2D eigenvalue weighted by Crippen LogP contribution is 2.28. The van der Waals surface area contributed by atoms with Crippen molar-refractivity contribution in [1.29, 1.82) is 0 Å². The highest BCUT2D eigenvalue weighted by Gasteiger charge is 2.18. The lowest BCUT2D eigenvalue weighted by Gasteiger charge is -2.05. The molecule has 0 bridgehead atoms. The van der Waals surface area contributed by atoms with E-state index in [1.165, 1.54) is 0 Å². The van der Waals surface area contributed by atoms with Crippen LogP contribution in [0.1, 0.15) is 11.1 Å². The Hall–Kier alpha value is -2.43. The predicted octanol–water partition coefficient (Wildman–Crippen LogP) is 1.53. The van der Waals surface area contributed by atoms with Crippen LogP contribution in [0.4, 0.5) is 11.5 Å². The lowest BCUT2D eigenvalue weighted by molar-refractivity contribution is -0.115. The second-order valence-electron chi connectivity index (χ2n) is 4.39. The maximum absolute atomic E-state index is 11.3. The Balaban J connectivity index is 2.05. The number of nitrogens with zero attached hydrogens (tertiary/aromatic N) is 2. The van der Waals surface area contributed by atoms with Crippen molar-refractivity contribution in [2.75, 3.05) is 11.1 Å². The van der Waals surface area contributed by atoms with Crippen LogP contribution in [-0.2, 0) is 11.2 Å². The summed E-state index contributed by atoms with van der Waals surface area (Å²) in [6, 6.07) is 7.67. The average Bonchev–Trinajstić information content (AvgIpc) is 2.71. The second kappa shape index (κ2) is 3.80. The molecule has 90 valence electrons. The molecule has 0 atom stereocenters. The van der Waals surface area contributed by atoms with E-state index in [1.807, 2.05) is 31.2 Å². The summed E-state index contributed by atoms with van der Waals surface area (Å²) in [6.45, 7) is 1.89. The van der Waals surface area contributed by atoms with Gasteiger partial charge in [0.2, 0.25) is 5.91 Å². The number of fused-ring (bicyclic) bond motifs is 1. The Labute approximate surface area is 104 Å². The molecule has 1 amide bonds. The Kier molecular flexibility index (Phi) is 2.26. The molecule has 0 radical (unpaired) electrons. The third-order valence-corrected chi connectivity index (χ3v) is 3.05. The van der Waals surface area contributed by atoms with Gasteiger partial charge in [0, 0.05) is 11.3 Å². The molecule has 1 aromatic heterocycles. The first-order chi connectivity index (χ1) is 8.63. The first kappa shape index (κ1) is 10.7. The molecule has 1 aromatic carbocycles. The monoisotopic (exact) mass is 240 g/mol. The first-order valence-electron chi connectivity index (χ1n) is 5.66. The lowest BCUT2D eigenvalue weighted by atomic mass is 10.0. The molecule has 0 fully saturated rings. The molecular formula is C13H12N4O. The van der Waals surface area contributed by atoms with Gasteiger partial charge in [-0.25, -0.2) is 0 Å². The summed E-state index contributed by atoms with van der Waals surface area (Å²) >= 11 is 0. The number of rotatable bonds is 1. The van der Waals surface area contributed by atoms with Crippen molar-refractivity contribution in [3.8, 4) is 11.3 Å². The Bertz CT molecular complexity index is 651. The van der Waals surface area contributed by atoms with E-state index in [-0.39, 0.29) is 5.91 Å². The maximum Gasteiger partial charge on any atom is 0.228 e. The zero-order chi connectivity index (χ0) is 12.7. The largest absolute Gasteiger partial charge is 0.382 e. The van der Waals surface area contributed by atoms with E-state index < -0.39 is 0 Å². The number of aryl methyl sites for hydroxylation is 1. The number of benzene rings is 1. The summed E-state index contributed by atoms with van der Waals surface area (Å²) in [5.41, 5.74) is 10.1. The summed E-state index contributed by atoms with van der Waals surface area (Å²) in [5, 5.41) is 10.8. The molecule has 0 saturated carbocycles. The average molecular weight is 240 g/mol. The summed E-state index contributed by atoms with van der Waals surface area (Å²) < 4.78 is 0. The highest BCUT2D eigenvalue weighted by molar-refractivity contribution is 5.99. The summed E-state index contributed by atoms with van der Waals surface area (Å²) in [4.78, 5) is 11.3. The number of nitrogens with two attached hydrogens (primary N) is 1. The van der Waals surface area contributed by atoms with Crippen LogP contribution in [0.2, 0.25) is 0 Å². The van der Waals surface area contributed by atoms with Crippen molar-refractivity contribution in [2.24, 2.45) is 0 Å². The topological polar surface area (TPSA) is 80.9 Å². The SMILES string of the molecule is Cc1cc(-c2ccc3c(c2)CC(=O)N3)nnc1N. The number of anilines is 2. The summed E-state index contributed by atoms with van der Waals surface area (Å²) in [5.74, 6) is 0.471. The van der Waals surface area contributed by atoms with Crippen LogP contribution < -0.4 is 11.1 Å². The quantitative estimate of drug-likeness (QED) is 0.792. The number of hydrogen-bond donors (Lipinski definition) is 2. The van der Waals surface area contributed by atoms with Crippen molar-refractivity contribution >= 4 is 17.4 Å². The van der Waals surface area contributed by atoms with Gasteiger partial charge in [-0.05, 0) is 36.2 Å². The molecule has 3 rings (SSSR count). The zero-order valence-corrected chi connectivity index (χ0v) is 9.90. The van der Waals surface area contributed by atoms with E-state index in [1.54, 1.807) is 0 Å². The van der Waals surface area contributed by atoms with E-state index in [4.69, 9.17) is 5.73 Å². The van der Waals surface area contributed by atoms with Crippen molar-refractivity contribution < 1.29 is 4.79 Å². The molecule has 3 N–H and O–H groups in total.